The lowest BCUT2D eigenvalue weighted by atomic mass is 10.2. The van der Waals surface area contributed by atoms with Gasteiger partial charge in [-0.15, -0.1) is 0 Å². The summed E-state index contributed by atoms with van der Waals surface area (Å²) in [6, 6.07) is 6.86. The number of nitrogens with one attached hydrogen (secondary N) is 1. The van der Waals surface area contributed by atoms with E-state index in [-0.39, 0.29) is 11.1 Å². The molecule has 1 aromatic carbocycles. The molecular formula is C12H14N2O2S. The highest BCUT2D eigenvalue weighted by molar-refractivity contribution is 7.80. The summed E-state index contributed by atoms with van der Waals surface area (Å²) in [6.45, 7) is 0.527. The van der Waals surface area contributed by atoms with Crippen molar-refractivity contribution >= 4 is 23.4 Å². The Morgan fingerprint density at radius 3 is 2.53 bits per heavy atom. The third kappa shape index (κ3) is 2.44. The van der Waals surface area contributed by atoms with Crippen molar-refractivity contribution < 1.29 is 0 Å². The Labute approximate surface area is 104 Å². The number of thiol groups is 1. The van der Waals surface area contributed by atoms with Crippen molar-refractivity contribution in [2.75, 3.05) is 5.75 Å². The molecule has 0 aliphatic heterocycles. The molecule has 4 nitrogen and oxygen atoms in total. The van der Waals surface area contributed by atoms with Crippen molar-refractivity contribution in [3.8, 4) is 0 Å². The first-order valence-corrected chi connectivity index (χ1v) is 6.20. The summed E-state index contributed by atoms with van der Waals surface area (Å²) in [5.74, 6) is 0.784. The topological polar surface area (TPSA) is 54.9 Å². The molecule has 1 N–H and O–H groups in total. The van der Waals surface area contributed by atoms with Gasteiger partial charge >= 0.3 is 0 Å². The number of fused-ring (bicyclic) bond motifs is 1. The maximum Gasteiger partial charge on any atom is 0.273 e. The van der Waals surface area contributed by atoms with E-state index in [0.29, 0.717) is 17.3 Å². The molecule has 0 spiro atoms. The predicted octanol–water partition coefficient (Wildman–Crippen LogP) is 1.40. The Morgan fingerprint density at radius 2 is 1.82 bits per heavy atom. The van der Waals surface area contributed by atoms with Crippen molar-refractivity contribution in [1.29, 1.82) is 0 Å². The van der Waals surface area contributed by atoms with Crippen LogP contribution >= 0.6 is 12.6 Å². The number of aromatic nitrogens is 2. The van der Waals surface area contributed by atoms with Gasteiger partial charge in [-0.1, -0.05) is 12.1 Å². The zero-order chi connectivity index (χ0) is 12.3. The van der Waals surface area contributed by atoms with Crippen LogP contribution in [0, 0.1) is 0 Å². The second kappa shape index (κ2) is 5.23. The number of H-pyrrole nitrogens is 1. The summed E-state index contributed by atoms with van der Waals surface area (Å²) in [5.41, 5.74) is -0.356. The van der Waals surface area contributed by atoms with Crippen LogP contribution in [0.15, 0.2) is 33.9 Å². The van der Waals surface area contributed by atoms with Gasteiger partial charge in [-0.05, 0) is 30.7 Å². The van der Waals surface area contributed by atoms with Crippen molar-refractivity contribution in [3.05, 3.63) is 45.0 Å². The molecule has 90 valence electrons. The van der Waals surface area contributed by atoms with Crippen LogP contribution in [-0.4, -0.2) is 15.5 Å². The van der Waals surface area contributed by atoms with E-state index in [1.54, 1.807) is 24.3 Å². The first-order valence-electron chi connectivity index (χ1n) is 5.57. The summed E-state index contributed by atoms with van der Waals surface area (Å²) in [5, 5.41) is 3.52. The number of benzene rings is 1. The van der Waals surface area contributed by atoms with Crippen LogP contribution in [0.25, 0.3) is 10.8 Å². The van der Waals surface area contributed by atoms with Gasteiger partial charge in [0, 0.05) is 6.54 Å². The minimum Gasteiger partial charge on any atom is -0.267 e. The third-order valence-electron chi connectivity index (χ3n) is 2.67. The Kier molecular flexibility index (Phi) is 3.68. The van der Waals surface area contributed by atoms with Gasteiger partial charge in [-0.2, -0.15) is 12.6 Å². The van der Waals surface area contributed by atoms with Crippen LogP contribution < -0.4 is 11.1 Å². The fourth-order valence-electron chi connectivity index (χ4n) is 1.79. The lowest BCUT2D eigenvalue weighted by Crippen LogP contribution is -2.29. The van der Waals surface area contributed by atoms with E-state index in [2.05, 4.69) is 17.7 Å². The molecule has 0 aliphatic carbocycles. The number of nitrogens with zero attached hydrogens (tertiary/aromatic N) is 1. The molecule has 0 aliphatic rings. The molecular weight excluding hydrogens is 236 g/mol. The molecule has 0 saturated heterocycles. The highest BCUT2D eigenvalue weighted by Crippen LogP contribution is 2.02. The first kappa shape index (κ1) is 12.0. The molecule has 1 heterocycles. The van der Waals surface area contributed by atoms with Gasteiger partial charge in [0.1, 0.15) is 0 Å². The predicted molar refractivity (Wildman–Crippen MR) is 71.9 cm³/mol. The second-order valence-electron chi connectivity index (χ2n) is 3.87. The lowest BCUT2D eigenvalue weighted by molar-refractivity contribution is 0.543. The maximum atomic E-state index is 12.0. The van der Waals surface area contributed by atoms with E-state index in [9.17, 15) is 9.59 Å². The minimum atomic E-state index is -0.217. The number of hydrogen-bond donors (Lipinski definition) is 2. The van der Waals surface area contributed by atoms with Crippen LogP contribution in [-0.2, 0) is 6.54 Å². The molecule has 0 radical (unpaired) electrons. The van der Waals surface area contributed by atoms with Gasteiger partial charge in [0.25, 0.3) is 11.1 Å². The van der Waals surface area contributed by atoms with Crippen LogP contribution in [0.5, 0.6) is 0 Å². The molecule has 0 bridgehead atoms. The SMILES string of the molecule is O=c1[nH]n(CCCCS)c(=O)c2ccccc12. The van der Waals surface area contributed by atoms with Gasteiger partial charge in [-0.25, -0.2) is 4.68 Å². The molecule has 0 fully saturated rings. The average molecular weight is 250 g/mol. The Hall–Kier alpha value is -1.49. The summed E-state index contributed by atoms with van der Waals surface area (Å²) in [7, 11) is 0. The standard InChI is InChI=1S/C12H14N2O2S/c15-11-9-5-1-2-6-10(9)12(16)14(13-11)7-3-4-8-17/h1-2,5-6,17H,3-4,7-8H2,(H,13,15). The van der Waals surface area contributed by atoms with Crippen molar-refractivity contribution in [2.45, 2.75) is 19.4 Å². The van der Waals surface area contributed by atoms with E-state index < -0.39 is 0 Å². The fraction of sp³-hybridized carbons (Fsp3) is 0.333. The molecule has 0 unspecified atom stereocenters. The first-order chi connectivity index (χ1) is 8.24. The Balaban J connectivity index is 2.48. The Morgan fingerprint density at radius 1 is 1.12 bits per heavy atom. The summed E-state index contributed by atoms with van der Waals surface area (Å²) in [6.07, 6.45) is 1.75. The van der Waals surface area contributed by atoms with Gasteiger partial charge in [0.2, 0.25) is 0 Å². The van der Waals surface area contributed by atoms with E-state index in [1.165, 1.54) is 4.68 Å². The lowest BCUT2D eigenvalue weighted by Gasteiger charge is -2.06. The number of unbranched alkanes of at least 4 members (excludes halogenated alkanes) is 1. The quantitative estimate of drug-likeness (QED) is 0.636. The summed E-state index contributed by atoms with van der Waals surface area (Å²) < 4.78 is 1.38. The van der Waals surface area contributed by atoms with E-state index in [1.807, 2.05) is 0 Å². The molecule has 5 heteroatoms. The second-order valence-corrected chi connectivity index (χ2v) is 4.32. The fourth-order valence-corrected chi connectivity index (χ4v) is 2.01. The molecule has 17 heavy (non-hydrogen) atoms. The number of hydrogen-bond acceptors (Lipinski definition) is 3. The summed E-state index contributed by atoms with van der Waals surface area (Å²) in [4.78, 5) is 23.8. The van der Waals surface area contributed by atoms with Crippen LogP contribution in [0.2, 0.25) is 0 Å². The van der Waals surface area contributed by atoms with Crippen LogP contribution in [0.4, 0.5) is 0 Å². The Bertz CT molecular complexity index is 630. The smallest absolute Gasteiger partial charge is 0.267 e. The molecule has 0 amide bonds. The van der Waals surface area contributed by atoms with Crippen molar-refractivity contribution in [3.63, 3.8) is 0 Å². The molecule has 2 rings (SSSR count). The normalized spacial score (nSPS) is 10.9. The van der Waals surface area contributed by atoms with Crippen molar-refractivity contribution in [1.82, 2.24) is 9.78 Å². The van der Waals surface area contributed by atoms with Gasteiger partial charge in [0.05, 0.1) is 10.8 Å². The van der Waals surface area contributed by atoms with Crippen molar-refractivity contribution in [2.24, 2.45) is 0 Å². The van der Waals surface area contributed by atoms with Crippen LogP contribution in [0.1, 0.15) is 12.8 Å². The van der Waals surface area contributed by atoms with Gasteiger partial charge < -0.3 is 0 Å². The zero-order valence-electron chi connectivity index (χ0n) is 9.35. The van der Waals surface area contributed by atoms with E-state index >= 15 is 0 Å². The zero-order valence-corrected chi connectivity index (χ0v) is 10.2. The van der Waals surface area contributed by atoms with Gasteiger partial charge in [-0.3, -0.25) is 14.7 Å². The summed E-state index contributed by atoms with van der Waals surface area (Å²) >= 11 is 4.11. The monoisotopic (exact) mass is 250 g/mol. The van der Waals surface area contributed by atoms with E-state index in [4.69, 9.17) is 0 Å². The molecule has 0 atom stereocenters. The molecule has 1 aromatic heterocycles. The minimum absolute atomic E-state index is 0.139. The average Bonchev–Trinajstić information content (AvgIpc) is 2.36. The highest BCUT2D eigenvalue weighted by Gasteiger charge is 2.05. The van der Waals surface area contributed by atoms with Crippen LogP contribution in [0.3, 0.4) is 0 Å². The molecule has 2 aromatic rings. The van der Waals surface area contributed by atoms with E-state index in [0.717, 1.165) is 18.6 Å². The third-order valence-corrected chi connectivity index (χ3v) is 2.99. The van der Waals surface area contributed by atoms with Gasteiger partial charge in [0.15, 0.2) is 0 Å². The maximum absolute atomic E-state index is 12.0. The number of rotatable bonds is 4. The molecule has 0 saturated carbocycles. The number of aromatic amines is 1. The number of aryl methyl sites for hydroxylation is 1. The largest absolute Gasteiger partial charge is 0.273 e. The highest BCUT2D eigenvalue weighted by atomic mass is 32.1.